The van der Waals surface area contributed by atoms with Crippen LogP contribution in [0.5, 0.6) is 0 Å². The molecule has 0 saturated carbocycles. The van der Waals surface area contributed by atoms with Crippen molar-refractivity contribution in [3.05, 3.63) is 176 Å². The van der Waals surface area contributed by atoms with E-state index in [0.29, 0.717) is 17.5 Å². The van der Waals surface area contributed by atoms with E-state index >= 15 is 0 Å². The Morgan fingerprint density at radius 1 is 0.265 bits per heavy atom. The second-order valence-electron chi connectivity index (χ2n) is 12.1. The van der Waals surface area contributed by atoms with Crippen molar-refractivity contribution in [1.82, 2.24) is 15.0 Å². The molecule has 0 unspecified atom stereocenters. The van der Waals surface area contributed by atoms with E-state index in [9.17, 15) is 0 Å². The van der Waals surface area contributed by atoms with Crippen molar-refractivity contribution in [3.63, 3.8) is 0 Å². The number of aromatic nitrogens is 3. The van der Waals surface area contributed by atoms with Crippen molar-refractivity contribution in [2.24, 2.45) is 0 Å². The Kier molecular flexibility index (Phi) is 7.34. The molecule has 9 rings (SSSR count). The topological polar surface area (TPSA) is 38.7 Å². The molecular weight excluding hydrogens is 615 g/mol. The number of benzene rings is 7. The van der Waals surface area contributed by atoms with Gasteiger partial charge in [-0.25, -0.2) is 15.0 Å². The Hall–Kier alpha value is -6.23. The van der Waals surface area contributed by atoms with Crippen LogP contribution in [0.4, 0.5) is 0 Å². The zero-order chi connectivity index (χ0) is 32.6. The fourth-order valence-corrected chi connectivity index (χ4v) is 7.48. The molecule has 0 atom stereocenters. The molecule has 0 N–H and O–H groups in total. The highest BCUT2D eigenvalue weighted by Crippen LogP contribution is 2.37. The van der Waals surface area contributed by atoms with E-state index in [4.69, 9.17) is 15.0 Å². The maximum atomic E-state index is 5.11. The predicted molar refractivity (Wildman–Crippen MR) is 205 cm³/mol. The molecule has 0 bridgehead atoms. The van der Waals surface area contributed by atoms with E-state index in [1.54, 1.807) is 0 Å². The van der Waals surface area contributed by atoms with E-state index in [1.807, 2.05) is 23.5 Å². The lowest BCUT2D eigenvalue weighted by Crippen LogP contribution is -2.00. The Morgan fingerprint density at radius 2 is 0.673 bits per heavy atom. The maximum Gasteiger partial charge on any atom is 0.164 e. The molecule has 0 fully saturated rings. The SMILES string of the molecule is c1ccc(-c2ccc(-c3cccc(-c4nc(-c5ccc(-c6ccccc6)cc5)nc(-c5ccc6sc7ccccc7c6c5)n4)c3)cc2)cc1. The fourth-order valence-electron chi connectivity index (χ4n) is 6.39. The number of fused-ring (bicyclic) bond motifs is 3. The van der Waals surface area contributed by atoms with Crippen LogP contribution < -0.4 is 0 Å². The van der Waals surface area contributed by atoms with E-state index in [2.05, 4.69) is 164 Å². The van der Waals surface area contributed by atoms with Crippen molar-refractivity contribution in [3.8, 4) is 67.5 Å². The first-order chi connectivity index (χ1) is 24.2. The highest BCUT2D eigenvalue weighted by Gasteiger charge is 2.15. The molecular formula is C45H29N3S. The van der Waals surface area contributed by atoms with Crippen molar-refractivity contribution < 1.29 is 0 Å². The second kappa shape index (κ2) is 12.4. The van der Waals surface area contributed by atoms with Crippen LogP contribution in [0.15, 0.2) is 176 Å². The van der Waals surface area contributed by atoms with Gasteiger partial charge in [-0.2, -0.15) is 0 Å². The lowest BCUT2D eigenvalue weighted by Gasteiger charge is -2.11. The zero-order valence-corrected chi connectivity index (χ0v) is 27.3. The van der Waals surface area contributed by atoms with Gasteiger partial charge in [0.2, 0.25) is 0 Å². The lowest BCUT2D eigenvalue weighted by atomic mass is 9.99. The molecule has 4 heteroatoms. The Morgan fingerprint density at radius 3 is 1.31 bits per heavy atom. The molecule has 9 aromatic rings. The minimum Gasteiger partial charge on any atom is -0.208 e. The molecule has 0 aliphatic heterocycles. The van der Waals surface area contributed by atoms with E-state index in [0.717, 1.165) is 33.4 Å². The van der Waals surface area contributed by atoms with Gasteiger partial charge in [0.1, 0.15) is 0 Å². The predicted octanol–water partition coefficient (Wildman–Crippen LogP) is 12.2. The van der Waals surface area contributed by atoms with Gasteiger partial charge in [-0.1, -0.05) is 146 Å². The standard InChI is InChI=1S/C45H29N3S/c1-3-10-30(11-4-1)32-18-20-34(21-19-32)36-14-9-15-37(28-36)44-46-43(35-24-22-33(23-25-35)31-12-5-2-6-13-31)47-45(48-44)38-26-27-42-40(29-38)39-16-7-8-17-41(39)49-42/h1-29H. The van der Waals surface area contributed by atoms with E-state index in [-0.39, 0.29) is 0 Å². The van der Waals surface area contributed by atoms with Gasteiger partial charge in [0.15, 0.2) is 17.5 Å². The molecule has 0 aliphatic carbocycles. The van der Waals surface area contributed by atoms with Gasteiger partial charge < -0.3 is 0 Å². The van der Waals surface area contributed by atoms with Gasteiger partial charge in [0, 0.05) is 36.9 Å². The monoisotopic (exact) mass is 643 g/mol. The first kappa shape index (κ1) is 29.0. The van der Waals surface area contributed by atoms with Gasteiger partial charge in [-0.3, -0.25) is 0 Å². The molecule has 7 aromatic carbocycles. The third-order valence-corrected chi connectivity index (χ3v) is 10.1. The first-order valence-corrected chi connectivity index (χ1v) is 17.2. The molecule has 0 saturated heterocycles. The molecule has 2 aromatic heterocycles. The Balaban J connectivity index is 1.15. The summed E-state index contributed by atoms with van der Waals surface area (Å²) in [6, 6.07) is 61.7. The summed E-state index contributed by atoms with van der Waals surface area (Å²) in [6.07, 6.45) is 0. The average Bonchev–Trinajstić information content (AvgIpc) is 3.57. The third-order valence-electron chi connectivity index (χ3n) is 8.97. The third kappa shape index (κ3) is 5.69. The highest BCUT2D eigenvalue weighted by molar-refractivity contribution is 7.25. The molecule has 0 spiro atoms. The van der Waals surface area contributed by atoms with Crippen LogP contribution in [0.2, 0.25) is 0 Å². The van der Waals surface area contributed by atoms with Gasteiger partial charge >= 0.3 is 0 Å². The van der Waals surface area contributed by atoms with Crippen molar-refractivity contribution in [2.75, 3.05) is 0 Å². The quantitative estimate of drug-likeness (QED) is 0.181. The Bertz CT molecular complexity index is 2570. The van der Waals surface area contributed by atoms with Gasteiger partial charge in [-0.15, -0.1) is 11.3 Å². The zero-order valence-electron chi connectivity index (χ0n) is 26.5. The van der Waals surface area contributed by atoms with Crippen LogP contribution in [0, 0.1) is 0 Å². The summed E-state index contributed by atoms with van der Waals surface area (Å²) in [5.41, 5.74) is 9.84. The molecule has 49 heavy (non-hydrogen) atoms. The number of hydrogen-bond acceptors (Lipinski definition) is 4. The minimum atomic E-state index is 0.644. The maximum absolute atomic E-state index is 5.11. The number of rotatable bonds is 6. The van der Waals surface area contributed by atoms with Crippen LogP contribution in [0.3, 0.4) is 0 Å². The molecule has 0 amide bonds. The first-order valence-electron chi connectivity index (χ1n) is 16.4. The molecule has 2 heterocycles. The normalized spacial score (nSPS) is 11.3. The van der Waals surface area contributed by atoms with E-state index in [1.165, 1.54) is 36.9 Å². The van der Waals surface area contributed by atoms with Crippen molar-refractivity contribution in [1.29, 1.82) is 0 Å². The lowest BCUT2D eigenvalue weighted by molar-refractivity contribution is 1.07. The Labute approximate surface area is 288 Å². The van der Waals surface area contributed by atoms with Crippen LogP contribution in [0.25, 0.3) is 87.7 Å². The largest absolute Gasteiger partial charge is 0.208 e. The van der Waals surface area contributed by atoms with Crippen LogP contribution in [0.1, 0.15) is 0 Å². The number of hydrogen-bond donors (Lipinski definition) is 0. The summed E-state index contributed by atoms with van der Waals surface area (Å²) in [5.74, 6) is 1.94. The summed E-state index contributed by atoms with van der Waals surface area (Å²) < 4.78 is 2.53. The smallest absolute Gasteiger partial charge is 0.164 e. The van der Waals surface area contributed by atoms with Crippen molar-refractivity contribution in [2.45, 2.75) is 0 Å². The number of nitrogens with zero attached hydrogens (tertiary/aromatic N) is 3. The highest BCUT2D eigenvalue weighted by atomic mass is 32.1. The molecule has 0 aliphatic rings. The second-order valence-corrected chi connectivity index (χ2v) is 13.2. The molecule has 230 valence electrons. The summed E-state index contributed by atoms with van der Waals surface area (Å²) in [6.45, 7) is 0. The van der Waals surface area contributed by atoms with E-state index < -0.39 is 0 Å². The number of thiophene rings is 1. The summed E-state index contributed by atoms with van der Waals surface area (Å²) in [7, 11) is 0. The minimum absolute atomic E-state index is 0.644. The average molecular weight is 644 g/mol. The van der Waals surface area contributed by atoms with Crippen LogP contribution in [-0.4, -0.2) is 15.0 Å². The van der Waals surface area contributed by atoms with Crippen molar-refractivity contribution >= 4 is 31.5 Å². The van der Waals surface area contributed by atoms with Crippen LogP contribution >= 0.6 is 11.3 Å². The van der Waals surface area contributed by atoms with Crippen LogP contribution in [-0.2, 0) is 0 Å². The summed E-state index contributed by atoms with van der Waals surface area (Å²) in [5, 5.41) is 2.47. The fraction of sp³-hybridized carbons (Fsp3) is 0. The van der Waals surface area contributed by atoms with Gasteiger partial charge in [-0.05, 0) is 63.7 Å². The molecule has 3 nitrogen and oxygen atoms in total. The molecule has 0 radical (unpaired) electrons. The van der Waals surface area contributed by atoms with Gasteiger partial charge in [0.25, 0.3) is 0 Å². The summed E-state index contributed by atoms with van der Waals surface area (Å²) in [4.78, 5) is 15.3. The summed E-state index contributed by atoms with van der Waals surface area (Å²) >= 11 is 1.81. The van der Waals surface area contributed by atoms with Gasteiger partial charge in [0.05, 0.1) is 0 Å².